The van der Waals surface area contributed by atoms with E-state index in [1.165, 1.54) is 4.57 Å². The van der Waals surface area contributed by atoms with Crippen LogP contribution in [0.1, 0.15) is 11.1 Å². The molecule has 2 aromatic heterocycles. The molecule has 0 aliphatic rings. The van der Waals surface area contributed by atoms with Gasteiger partial charge in [0.05, 0.1) is 21.8 Å². The minimum Gasteiger partial charge on any atom is -0.489 e. The molecule has 0 saturated carbocycles. The fraction of sp³-hybridized carbons (Fsp3) is 0.0400. The van der Waals surface area contributed by atoms with Crippen molar-refractivity contribution in [3.8, 4) is 17.5 Å². The predicted octanol–water partition coefficient (Wildman–Crippen LogP) is 5.35. The first-order valence-electron chi connectivity index (χ1n) is 9.68. The lowest BCUT2D eigenvalue weighted by Gasteiger charge is -2.10. The van der Waals surface area contributed by atoms with E-state index in [4.69, 9.17) is 16.3 Å². The third-order valence-electron chi connectivity index (χ3n) is 5.23. The van der Waals surface area contributed by atoms with Gasteiger partial charge in [0.2, 0.25) is 0 Å². The second-order valence-electron chi connectivity index (χ2n) is 7.11. The highest BCUT2D eigenvalue weighted by Crippen LogP contribution is 2.26. The Morgan fingerprint density at radius 2 is 1.77 bits per heavy atom. The second kappa shape index (κ2) is 7.67. The molecule has 0 N–H and O–H groups in total. The van der Waals surface area contributed by atoms with Crippen molar-refractivity contribution in [1.29, 1.82) is 5.26 Å². The maximum atomic E-state index is 13.2. The van der Waals surface area contributed by atoms with Crippen LogP contribution in [0.3, 0.4) is 0 Å². The van der Waals surface area contributed by atoms with Gasteiger partial charge in [0, 0.05) is 23.8 Å². The topological polar surface area (TPSA) is 59.4 Å². The first kappa shape index (κ1) is 19.0. The summed E-state index contributed by atoms with van der Waals surface area (Å²) in [6.45, 7) is 0.466. The van der Waals surface area contributed by atoms with E-state index < -0.39 is 0 Å². The lowest BCUT2D eigenvalue weighted by Crippen LogP contribution is -2.20. The number of nitrogens with zero attached hydrogens (tertiary/aromatic N) is 3. The molecule has 0 bridgehead atoms. The first-order chi connectivity index (χ1) is 15.2. The molecule has 0 aliphatic carbocycles. The molecule has 0 unspecified atom stereocenters. The Morgan fingerprint density at radius 1 is 0.935 bits per heavy atom. The number of nitriles is 1. The first-order valence-corrected chi connectivity index (χ1v) is 10.1. The predicted molar refractivity (Wildman–Crippen MR) is 121 cm³/mol. The van der Waals surface area contributed by atoms with Gasteiger partial charge in [-0.3, -0.25) is 9.36 Å². The van der Waals surface area contributed by atoms with E-state index in [0.717, 1.165) is 22.2 Å². The average Bonchev–Trinajstić information content (AvgIpc) is 3.17. The van der Waals surface area contributed by atoms with E-state index in [1.54, 1.807) is 24.4 Å². The summed E-state index contributed by atoms with van der Waals surface area (Å²) < 4.78 is 9.22. The van der Waals surface area contributed by atoms with Gasteiger partial charge in [-0.25, -0.2) is 0 Å². The fourth-order valence-corrected chi connectivity index (χ4v) is 3.91. The van der Waals surface area contributed by atoms with Gasteiger partial charge < -0.3 is 9.14 Å². The van der Waals surface area contributed by atoms with E-state index in [0.29, 0.717) is 22.8 Å². The largest absolute Gasteiger partial charge is 0.489 e. The minimum atomic E-state index is -0.232. The lowest BCUT2D eigenvalue weighted by atomic mass is 10.2. The summed E-state index contributed by atoms with van der Waals surface area (Å²) in [5, 5.41) is 10.7. The molecule has 3 aromatic carbocycles. The zero-order chi connectivity index (χ0) is 21.4. The van der Waals surface area contributed by atoms with Crippen LogP contribution < -0.4 is 10.3 Å². The van der Waals surface area contributed by atoms with Gasteiger partial charge in [-0.1, -0.05) is 48.0 Å². The van der Waals surface area contributed by atoms with Crippen molar-refractivity contribution in [1.82, 2.24) is 8.97 Å². The Labute approximate surface area is 182 Å². The number of ether oxygens (including phenoxy) is 1. The van der Waals surface area contributed by atoms with Gasteiger partial charge in [0.1, 0.15) is 23.9 Å². The van der Waals surface area contributed by atoms with Crippen LogP contribution in [0.5, 0.6) is 5.75 Å². The zero-order valence-corrected chi connectivity index (χ0v) is 17.1. The highest BCUT2D eigenvalue weighted by molar-refractivity contribution is 6.32. The van der Waals surface area contributed by atoms with E-state index >= 15 is 0 Å². The molecule has 2 heterocycles. The van der Waals surface area contributed by atoms with E-state index in [9.17, 15) is 10.1 Å². The molecular formula is C25H16ClN3O2. The molecule has 5 aromatic rings. The summed E-state index contributed by atoms with van der Waals surface area (Å²) in [7, 11) is 0. The van der Waals surface area contributed by atoms with Crippen LogP contribution in [0.15, 0.2) is 90.0 Å². The van der Waals surface area contributed by atoms with Crippen molar-refractivity contribution in [3.05, 3.63) is 112 Å². The molecule has 0 radical (unpaired) electrons. The quantitative estimate of drug-likeness (QED) is 0.390. The van der Waals surface area contributed by atoms with Crippen LogP contribution in [0.4, 0.5) is 0 Å². The summed E-state index contributed by atoms with van der Waals surface area (Å²) in [6, 6.07) is 24.7. The molecule has 0 spiro atoms. The molecule has 0 saturated heterocycles. The molecule has 0 fully saturated rings. The van der Waals surface area contributed by atoms with Crippen molar-refractivity contribution in [2.24, 2.45) is 0 Å². The van der Waals surface area contributed by atoms with Gasteiger partial charge in [0.25, 0.3) is 5.56 Å². The number of hydrogen-bond donors (Lipinski definition) is 0. The Balaban J connectivity index is 1.58. The number of hydrogen-bond acceptors (Lipinski definition) is 3. The van der Waals surface area contributed by atoms with Crippen molar-refractivity contribution < 1.29 is 4.74 Å². The molecule has 5 rings (SSSR count). The average molecular weight is 426 g/mol. The number of aromatic nitrogens is 2. The van der Waals surface area contributed by atoms with Crippen molar-refractivity contribution in [2.45, 2.75) is 6.61 Å². The van der Waals surface area contributed by atoms with E-state index in [2.05, 4.69) is 6.07 Å². The molecule has 5 nitrogen and oxygen atoms in total. The van der Waals surface area contributed by atoms with Crippen LogP contribution in [-0.2, 0) is 6.61 Å². The SMILES string of the molecule is N#Cc1c(Cl)cccc1-n1ccn2c(cc3ccc(OCc4ccccc4)cc32)c1=O. The monoisotopic (exact) mass is 425 g/mol. The van der Waals surface area contributed by atoms with E-state index in [-0.39, 0.29) is 11.1 Å². The summed E-state index contributed by atoms with van der Waals surface area (Å²) >= 11 is 6.15. The molecule has 0 aliphatic heterocycles. The van der Waals surface area contributed by atoms with Crippen LogP contribution >= 0.6 is 11.6 Å². The molecular weight excluding hydrogens is 410 g/mol. The minimum absolute atomic E-state index is 0.232. The van der Waals surface area contributed by atoms with Gasteiger partial charge in [-0.05, 0) is 35.9 Å². The highest BCUT2D eigenvalue weighted by Gasteiger charge is 2.14. The summed E-state index contributed by atoms with van der Waals surface area (Å²) in [5.41, 5.74) is 2.95. The Bertz CT molecular complexity index is 1530. The Kier molecular flexibility index (Phi) is 4.70. The second-order valence-corrected chi connectivity index (χ2v) is 7.52. The van der Waals surface area contributed by atoms with Gasteiger partial charge >= 0.3 is 0 Å². The highest BCUT2D eigenvalue weighted by atomic mass is 35.5. The third kappa shape index (κ3) is 3.33. The molecule has 31 heavy (non-hydrogen) atoms. The van der Waals surface area contributed by atoms with Crippen molar-refractivity contribution >= 4 is 28.0 Å². The number of halogens is 1. The Morgan fingerprint density at radius 3 is 2.58 bits per heavy atom. The summed E-state index contributed by atoms with van der Waals surface area (Å²) in [5.74, 6) is 0.724. The van der Waals surface area contributed by atoms with Crippen LogP contribution in [0, 0.1) is 11.3 Å². The molecule has 0 atom stereocenters. The normalized spacial score (nSPS) is 11.0. The Hall–Kier alpha value is -4.01. The maximum absolute atomic E-state index is 13.2. The maximum Gasteiger partial charge on any atom is 0.279 e. The van der Waals surface area contributed by atoms with E-state index in [1.807, 2.05) is 65.2 Å². The van der Waals surface area contributed by atoms with Gasteiger partial charge in [-0.15, -0.1) is 0 Å². The lowest BCUT2D eigenvalue weighted by molar-refractivity contribution is 0.306. The smallest absolute Gasteiger partial charge is 0.279 e. The summed E-state index contributed by atoms with van der Waals surface area (Å²) in [6.07, 6.45) is 3.46. The molecule has 0 amide bonds. The van der Waals surface area contributed by atoms with Crippen LogP contribution in [0.25, 0.3) is 22.1 Å². The fourth-order valence-electron chi connectivity index (χ4n) is 3.70. The standard InChI is InChI=1S/C25H16ClN3O2/c26-21-7-4-8-22(20(21)15-27)29-12-11-28-23-14-19(31-16-17-5-2-1-3-6-17)10-9-18(23)13-24(28)25(29)30/h1-14H,16H2. The molecule has 6 heteroatoms. The van der Waals surface area contributed by atoms with Crippen LogP contribution in [0.2, 0.25) is 5.02 Å². The van der Waals surface area contributed by atoms with Gasteiger partial charge in [0.15, 0.2) is 0 Å². The number of benzene rings is 3. The number of fused-ring (bicyclic) bond motifs is 3. The van der Waals surface area contributed by atoms with Crippen LogP contribution in [-0.4, -0.2) is 8.97 Å². The van der Waals surface area contributed by atoms with Gasteiger partial charge in [-0.2, -0.15) is 5.26 Å². The van der Waals surface area contributed by atoms with Crippen molar-refractivity contribution in [3.63, 3.8) is 0 Å². The molecule has 150 valence electrons. The zero-order valence-electron chi connectivity index (χ0n) is 16.3. The summed E-state index contributed by atoms with van der Waals surface area (Å²) in [4.78, 5) is 13.2. The third-order valence-corrected chi connectivity index (χ3v) is 5.54. The van der Waals surface area contributed by atoms with Crippen molar-refractivity contribution in [2.75, 3.05) is 0 Å². The number of rotatable bonds is 4.